The summed E-state index contributed by atoms with van der Waals surface area (Å²) in [7, 11) is 3.42. The zero-order valence-corrected chi connectivity index (χ0v) is 19.0. The number of H-pyrrole nitrogens is 1. The van der Waals surface area contributed by atoms with Crippen LogP contribution in [-0.2, 0) is 17.9 Å². The number of nitrogens with one attached hydrogen (secondary N) is 1. The maximum atomic E-state index is 12.7. The number of nitrogens with zero attached hydrogens (tertiary/aromatic N) is 3. The normalized spacial score (nSPS) is 10.8. The molecule has 8 heteroatoms. The molecule has 0 fully saturated rings. The van der Waals surface area contributed by atoms with Gasteiger partial charge in [-0.05, 0) is 43.4 Å². The molecule has 0 aliphatic heterocycles. The lowest BCUT2D eigenvalue weighted by Gasteiger charge is -2.19. The van der Waals surface area contributed by atoms with Crippen LogP contribution in [0.3, 0.4) is 0 Å². The molecule has 1 heterocycles. The van der Waals surface area contributed by atoms with E-state index in [-0.39, 0.29) is 5.91 Å². The average Bonchev–Trinajstić information content (AvgIpc) is 3.06. The third-order valence-corrected chi connectivity index (χ3v) is 5.46. The maximum Gasteiger partial charge on any atom is 0.224 e. The van der Waals surface area contributed by atoms with E-state index in [9.17, 15) is 4.79 Å². The molecule has 152 valence electrons. The number of carbonyl (C=O) groups is 1. The van der Waals surface area contributed by atoms with E-state index in [4.69, 9.17) is 17.0 Å². The number of hydrogen-bond acceptors (Lipinski definition) is 4. The van der Waals surface area contributed by atoms with Crippen molar-refractivity contribution in [1.82, 2.24) is 19.7 Å². The topological polar surface area (TPSA) is 63.1 Å². The molecule has 0 unspecified atom stereocenters. The van der Waals surface area contributed by atoms with Crippen LogP contribution >= 0.6 is 28.1 Å². The van der Waals surface area contributed by atoms with Crippen LogP contribution in [-0.4, -0.2) is 39.7 Å². The van der Waals surface area contributed by atoms with Crippen molar-refractivity contribution in [2.45, 2.75) is 26.4 Å². The fourth-order valence-corrected chi connectivity index (χ4v) is 3.77. The molecular weight excluding hydrogens is 452 g/mol. The summed E-state index contributed by atoms with van der Waals surface area (Å²) in [5, 5.41) is 7.19. The first-order valence-electron chi connectivity index (χ1n) is 9.17. The molecule has 1 N–H and O–H groups in total. The molecule has 0 radical (unpaired) electrons. The number of rotatable bonds is 7. The lowest BCUT2D eigenvalue weighted by molar-refractivity contribution is -0.130. The van der Waals surface area contributed by atoms with Crippen LogP contribution in [0.5, 0.6) is 5.75 Å². The smallest absolute Gasteiger partial charge is 0.224 e. The molecule has 0 aliphatic carbocycles. The molecule has 3 rings (SSSR count). The zero-order chi connectivity index (χ0) is 21.0. The van der Waals surface area contributed by atoms with Crippen LogP contribution in [0.1, 0.15) is 17.5 Å². The number of hydrogen-bond donors (Lipinski definition) is 1. The summed E-state index contributed by atoms with van der Waals surface area (Å²) < 4.78 is 8.72. The van der Waals surface area contributed by atoms with E-state index in [1.165, 1.54) is 0 Å². The van der Waals surface area contributed by atoms with Crippen LogP contribution in [0.15, 0.2) is 46.9 Å². The Morgan fingerprint density at radius 2 is 2.10 bits per heavy atom. The second-order valence-electron chi connectivity index (χ2n) is 6.83. The van der Waals surface area contributed by atoms with Gasteiger partial charge in [-0.25, -0.2) is 0 Å². The van der Waals surface area contributed by atoms with Crippen molar-refractivity contribution in [2.75, 3.05) is 14.2 Å². The highest BCUT2D eigenvalue weighted by Gasteiger charge is 2.15. The van der Waals surface area contributed by atoms with Gasteiger partial charge in [-0.2, -0.15) is 5.10 Å². The Balaban J connectivity index is 1.71. The maximum absolute atomic E-state index is 12.7. The van der Waals surface area contributed by atoms with Crippen molar-refractivity contribution < 1.29 is 9.53 Å². The van der Waals surface area contributed by atoms with E-state index in [0.717, 1.165) is 32.7 Å². The molecule has 0 spiro atoms. The second-order valence-corrected chi connectivity index (χ2v) is 8.13. The van der Waals surface area contributed by atoms with E-state index in [1.54, 1.807) is 19.1 Å². The Morgan fingerprint density at radius 3 is 2.83 bits per heavy atom. The molecule has 29 heavy (non-hydrogen) atoms. The molecule has 0 aliphatic rings. The van der Waals surface area contributed by atoms with Crippen LogP contribution in [0.4, 0.5) is 0 Å². The Morgan fingerprint density at radius 1 is 1.31 bits per heavy atom. The standard InChI is InChI=1S/C21H23BrN4O2S/c1-14-5-4-6-15(11-14)20-23-24-21(29)26(20)10-9-19(27)25(2)13-16-12-17(22)7-8-18(16)28-3/h4-8,11-12H,9-10,13H2,1-3H3,(H,24,29). The highest BCUT2D eigenvalue weighted by Crippen LogP contribution is 2.24. The first kappa shape index (κ1) is 21.3. The Kier molecular flexibility index (Phi) is 6.87. The minimum Gasteiger partial charge on any atom is -0.496 e. The van der Waals surface area contributed by atoms with Gasteiger partial charge in [0.15, 0.2) is 10.6 Å². The van der Waals surface area contributed by atoms with E-state index >= 15 is 0 Å². The summed E-state index contributed by atoms with van der Waals surface area (Å²) in [6, 6.07) is 13.8. The van der Waals surface area contributed by atoms with Crippen molar-refractivity contribution in [2.24, 2.45) is 0 Å². The highest BCUT2D eigenvalue weighted by molar-refractivity contribution is 9.10. The molecule has 6 nitrogen and oxygen atoms in total. The third-order valence-electron chi connectivity index (χ3n) is 4.66. The first-order chi connectivity index (χ1) is 13.9. The van der Waals surface area contributed by atoms with Gasteiger partial charge in [-0.1, -0.05) is 39.7 Å². The molecule has 0 saturated heterocycles. The number of halogens is 1. The SMILES string of the molecule is COc1ccc(Br)cc1CN(C)C(=O)CCn1c(-c2cccc(C)c2)n[nH]c1=S. The van der Waals surface area contributed by atoms with Crippen molar-refractivity contribution in [3.63, 3.8) is 0 Å². The van der Waals surface area contributed by atoms with Gasteiger partial charge in [0.1, 0.15) is 5.75 Å². The highest BCUT2D eigenvalue weighted by atomic mass is 79.9. The first-order valence-corrected chi connectivity index (χ1v) is 10.4. The van der Waals surface area contributed by atoms with Crippen molar-refractivity contribution >= 4 is 34.1 Å². The number of ether oxygens (including phenoxy) is 1. The fraction of sp³-hybridized carbons (Fsp3) is 0.286. The Hall–Kier alpha value is -2.45. The lowest BCUT2D eigenvalue weighted by Crippen LogP contribution is -2.27. The van der Waals surface area contributed by atoms with Gasteiger partial charge >= 0.3 is 0 Å². The lowest BCUT2D eigenvalue weighted by atomic mass is 10.1. The summed E-state index contributed by atoms with van der Waals surface area (Å²) in [5.41, 5.74) is 3.05. The number of carbonyl (C=O) groups excluding carboxylic acids is 1. The van der Waals surface area contributed by atoms with Gasteiger partial charge in [-0.3, -0.25) is 14.5 Å². The van der Waals surface area contributed by atoms with Gasteiger partial charge in [-0.15, -0.1) is 0 Å². The predicted octanol–water partition coefficient (Wildman–Crippen LogP) is 4.74. The monoisotopic (exact) mass is 474 g/mol. The Bertz CT molecular complexity index is 1080. The third kappa shape index (κ3) is 5.13. The zero-order valence-electron chi connectivity index (χ0n) is 16.6. The van der Waals surface area contributed by atoms with Gasteiger partial charge in [0, 0.05) is 42.2 Å². The van der Waals surface area contributed by atoms with Gasteiger partial charge in [0.2, 0.25) is 5.91 Å². The van der Waals surface area contributed by atoms with Crippen LogP contribution in [0, 0.1) is 11.7 Å². The molecule has 2 aromatic carbocycles. The number of aromatic amines is 1. The van der Waals surface area contributed by atoms with Gasteiger partial charge < -0.3 is 9.64 Å². The molecule has 0 saturated carbocycles. The van der Waals surface area contributed by atoms with E-state index in [0.29, 0.717) is 24.3 Å². The van der Waals surface area contributed by atoms with E-state index in [1.807, 2.05) is 47.9 Å². The van der Waals surface area contributed by atoms with Crippen LogP contribution in [0.25, 0.3) is 11.4 Å². The van der Waals surface area contributed by atoms with Crippen molar-refractivity contribution in [1.29, 1.82) is 0 Å². The number of benzene rings is 2. The fourth-order valence-electron chi connectivity index (χ4n) is 3.14. The van der Waals surface area contributed by atoms with E-state index in [2.05, 4.69) is 32.2 Å². The minimum atomic E-state index is 0.0188. The Labute approximate surface area is 183 Å². The van der Waals surface area contributed by atoms with Crippen LogP contribution in [0.2, 0.25) is 0 Å². The van der Waals surface area contributed by atoms with Gasteiger partial charge in [0.05, 0.1) is 7.11 Å². The molecule has 1 aromatic heterocycles. The molecule has 0 atom stereocenters. The predicted molar refractivity (Wildman–Crippen MR) is 119 cm³/mol. The quantitative estimate of drug-likeness (QED) is 0.502. The summed E-state index contributed by atoms with van der Waals surface area (Å²) in [5.74, 6) is 1.51. The molecule has 0 bridgehead atoms. The minimum absolute atomic E-state index is 0.0188. The largest absolute Gasteiger partial charge is 0.496 e. The number of amides is 1. The molecule has 3 aromatic rings. The second kappa shape index (κ2) is 9.37. The summed E-state index contributed by atoms with van der Waals surface area (Å²) in [6.45, 7) is 2.95. The molecule has 1 amide bonds. The van der Waals surface area contributed by atoms with Crippen LogP contribution < -0.4 is 4.74 Å². The summed E-state index contributed by atoms with van der Waals surface area (Å²) >= 11 is 8.84. The average molecular weight is 475 g/mol. The number of aromatic nitrogens is 3. The summed E-state index contributed by atoms with van der Waals surface area (Å²) in [6.07, 6.45) is 0.319. The van der Waals surface area contributed by atoms with Crippen molar-refractivity contribution in [3.8, 4) is 17.1 Å². The number of methoxy groups -OCH3 is 1. The van der Waals surface area contributed by atoms with Gasteiger partial charge in [0.25, 0.3) is 0 Å². The number of aryl methyl sites for hydroxylation is 1. The molecular formula is C21H23BrN4O2S. The van der Waals surface area contributed by atoms with Crippen molar-refractivity contribution in [3.05, 3.63) is 62.8 Å². The van der Waals surface area contributed by atoms with E-state index < -0.39 is 0 Å². The summed E-state index contributed by atoms with van der Waals surface area (Å²) in [4.78, 5) is 14.4.